The van der Waals surface area contributed by atoms with Crippen LogP contribution in [0.15, 0.2) is 0 Å². The third-order valence-electron chi connectivity index (χ3n) is 3.83. The van der Waals surface area contributed by atoms with Crippen LogP contribution in [0, 0.1) is 0 Å². The molecule has 0 N–H and O–H groups in total. The Morgan fingerprint density at radius 3 is 0.971 bits per heavy atom. The monoisotopic (exact) mass is 616 g/mol. The summed E-state index contributed by atoms with van der Waals surface area (Å²) in [5, 5.41) is -8.02. The molecule has 0 aliphatic heterocycles. The van der Waals surface area contributed by atoms with Gasteiger partial charge in [0.15, 0.2) is 10.1 Å². The van der Waals surface area contributed by atoms with Crippen molar-refractivity contribution in [3.05, 3.63) is 0 Å². The van der Waals surface area contributed by atoms with Crippen molar-refractivity contribution in [2.45, 2.75) is 65.7 Å². The summed E-state index contributed by atoms with van der Waals surface area (Å²) in [5.74, 6) is -59.4. The van der Waals surface area contributed by atoms with Gasteiger partial charge in [-0.05, 0) is 0 Å². The fourth-order valence-electron chi connectivity index (χ4n) is 1.81. The molecule has 206 valence electrons. The SMILES string of the molecule is O=S(=O)([O-])C(F)(F)C(F)(F)C(F)(F)C(F)(F)C(F)(F)C(F)(F)C(F)(F)C(F)(F)CCC(F)(F)F.[K+]. The smallest absolute Gasteiger partial charge is 0.743 e. The van der Waals surface area contributed by atoms with Crippen LogP contribution in [0.5, 0.6) is 0 Å². The van der Waals surface area contributed by atoms with Gasteiger partial charge in [0.1, 0.15) is 0 Å². The third-order valence-corrected chi connectivity index (χ3v) is 4.72. The number of halogens is 19. The van der Waals surface area contributed by atoms with E-state index in [1.165, 1.54) is 0 Å². The minimum absolute atomic E-state index is 0. The molecule has 0 aromatic carbocycles. The van der Waals surface area contributed by atoms with Crippen molar-refractivity contribution < 1.29 is 148 Å². The van der Waals surface area contributed by atoms with Gasteiger partial charge < -0.3 is 4.55 Å². The quantitative estimate of drug-likeness (QED) is 0.216. The summed E-state index contributed by atoms with van der Waals surface area (Å²) < 4.78 is 276. The molecule has 0 aromatic heterocycles. The van der Waals surface area contributed by atoms with E-state index in [1.54, 1.807) is 0 Å². The minimum Gasteiger partial charge on any atom is -0.743 e. The fraction of sp³-hybridized carbons (Fsp3) is 1.00. The standard InChI is InChI=1S/C11H5F19O3S.K/c12-3(13,1-2-4(14,15)16)5(17,18)6(19,20)7(21,22)8(23,24)9(25,26)10(27,28)11(29,30)34(31,32)33;/h1-2H2,(H,31,32,33);/q;+1/p-1. The average Bonchev–Trinajstić information content (AvgIpc) is 2.57. The molecule has 0 bridgehead atoms. The molecule has 24 heteroatoms. The number of hydrogen-bond acceptors (Lipinski definition) is 3. The number of rotatable bonds is 10. The number of alkyl halides is 19. The summed E-state index contributed by atoms with van der Waals surface area (Å²) >= 11 is 0. The molecular weight excluding hydrogens is 612 g/mol. The first-order valence-corrected chi connectivity index (χ1v) is 8.66. The Morgan fingerprint density at radius 2 is 0.714 bits per heavy atom. The summed E-state index contributed by atoms with van der Waals surface area (Å²) in [6, 6.07) is 0. The van der Waals surface area contributed by atoms with E-state index in [4.69, 9.17) is 0 Å². The Labute approximate surface area is 222 Å². The molecule has 0 fully saturated rings. The van der Waals surface area contributed by atoms with Crippen molar-refractivity contribution in [1.29, 1.82) is 0 Å². The molecule has 0 heterocycles. The Morgan fingerprint density at radius 1 is 0.457 bits per heavy atom. The molecule has 0 atom stereocenters. The van der Waals surface area contributed by atoms with Gasteiger partial charge in [-0.3, -0.25) is 0 Å². The molecule has 0 unspecified atom stereocenters. The third kappa shape index (κ3) is 5.66. The Hall–Kier alpha value is 0.216. The normalized spacial score (nSPS) is 16.2. The van der Waals surface area contributed by atoms with Crippen LogP contribution < -0.4 is 51.4 Å². The topological polar surface area (TPSA) is 57.2 Å². The molecule has 3 nitrogen and oxygen atoms in total. The molecular formula is C11H4F19KO3S. The second-order valence-electron chi connectivity index (χ2n) is 6.24. The molecule has 0 saturated carbocycles. The van der Waals surface area contributed by atoms with Gasteiger partial charge in [-0.1, -0.05) is 0 Å². The van der Waals surface area contributed by atoms with Crippen LogP contribution in [-0.2, 0) is 10.1 Å². The second-order valence-corrected chi connectivity index (χ2v) is 7.66. The molecule has 0 aliphatic carbocycles. The molecule has 0 amide bonds. The minimum atomic E-state index is -9.00. The van der Waals surface area contributed by atoms with Gasteiger partial charge >= 0.3 is 104 Å². The first-order chi connectivity index (χ1) is 14.2. The summed E-state index contributed by atoms with van der Waals surface area (Å²) in [4.78, 5) is 0. The van der Waals surface area contributed by atoms with Gasteiger partial charge in [-0.2, -0.15) is 83.4 Å². The van der Waals surface area contributed by atoms with Gasteiger partial charge in [0.25, 0.3) is 0 Å². The van der Waals surface area contributed by atoms with Crippen LogP contribution in [0.25, 0.3) is 0 Å². The first kappa shape index (κ1) is 37.4. The van der Waals surface area contributed by atoms with Crippen LogP contribution in [-0.4, -0.2) is 65.9 Å². The zero-order chi connectivity index (χ0) is 28.4. The maximum atomic E-state index is 13.4. The van der Waals surface area contributed by atoms with Gasteiger partial charge in [0.05, 0.1) is 0 Å². The van der Waals surface area contributed by atoms with Crippen LogP contribution in [0.3, 0.4) is 0 Å². The van der Waals surface area contributed by atoms with Crippen molar-refractivity contribution in [3.63, 3.8) is 0 Å². The first-order valence-electron chi connectivity index (χ1n) is 7.25. The van der Waals surface area contributed by atoms with E-state index in [0.29, 0.717) is 0 Å². The molecule has 0 radical (unpaired) electrons. The molecule has 0 aromatic rings. The van der Waals surface area contributed by atoms with E-state index in [9.17, 15) is 96.4 Å². The van der Waals surface area contributed by atoms with E-state index in [2.05, 4.69) is 0 Å². The van der Waals surface area contributed by atoms with Crippen molar-refractivity contribution >= 4 is 10.1 Å². The van der Waals surface area contributed by atoms with E-state index in [0.717, 1.165) is 0 Å². The summed E-state index contributed by atoms with van der Waals surface area (Å²) in [5.41, 5.74) is 0. The molecule has 0 aliphatic rings. The van der Waals surface area contributed by atoms with E-state index < -0.39 is 75.8 Å². The van der Waals surface area contributed by atoms with Gasteiger partial charge in [-0.25, -0.2) is 8.42 Å². The average molecular weight is 616 g/mol. The van der Waals surface area contributed by atoms with Crippen molar-refractivity contribution in [2.24, 2.45) is 0 Å². The predicted octanol–water partition coefficient (Wildman–Crippen LogP) is 2.92. The van der Waals surface area contributed by atoms with Crippen molar-refractivity contribution in [2.75, 3.05) is 0 Å². The predicted molar refractivity (Wildman–Crippen MR) is 64.6 cm³/mol. The Balaban J connectivity index is 0. The second kappa shape index (κ2) is 9.75. The zero-order valence-corrected chi connectivity index (χ0v) is 19.7. The molecule has 35 heavy (non-hydrogen) atoms. The van der Waals surface area contributed by atoms with Crippen LogP contribution in [0.2, 0.25) is 0 Å². The zero-order valence-electron chi connectivity index (χ0n) is 15.7. The maximum Gasteiger partial charge on any atom is 1.00 e. The van der Waals surface area contributed by atoms with Gasteiger partial charge in [0.2, 0.25) is 0 Å². The van der Waals surface area contributed by atoms with Crippen molar-refractivity contribution in [3.8, 4) is 0 Å². The van der Waals surface area contributed by atoms with Crippen LogP contribution >= 0.6 is 0 Å². The molecule has 0 rings (SSSR count). The summed E-state index contributed by atoms with van der Waals surface area (Å²) in [6.07, 6.45) is -12.7. The van der Waals surface area contributed by atoms with Gasteiger partial charge in [-0.15, -0.1) is 0 Å². The summed E-state index contributed by atoms with van der Waals surface area (Å²) in [7, 11) is -8.21. The Kier molecular flexibility index (Phi) is 10.4. The van der Waals surface area contributed by atoms with E-state index in [-0.39, 0.29) is 51.4 Å². The van der Waals surface area contributed by atoms with Crippen LogP contribution in [0.4, 0.5) is 83.4 Å². The number of hydrogen-bond donors (Lipinski definition) is 0. The van der Waals surface area contributed by atoms with Gasteiger partial charge in [0, 0.05) is 12.8 Å². The maximum absolute atomic E-state index is 13.4. The van der Waals surface area contributed by atoms with Crippen LogP contribution in [0.1, 0.15) is 12.8 Å². The van der Waals surface area contributed by atoms with Crippen molar-refractivity contribution in [1.82, 2.24) is 0 Å². The van der Waals surface area contributed by atoms with E-state index >= 15 is 0 Å². The molecule has 0 saturated heterocycles. The summed E-state index contributed by atoms with van der Waals surface area (Å²) in [6.45, 7) is 0. The Bertz CT molecular complexity index is 862. The largest absolute Gasteiger partial charge is 1.00 e. The fourth-order valence-corrected chi connectivity index (χ4v) is 2.26. The van der Waals surface area contributed by atoms with E-state index in [1.807, 2.05) is 0 Å². The molecule has 0 spiro atoms.